The molecule has 4 rings (SSSR count). The lowest BCUT2D eigenvalue weighted by Crippen LogP contribution is -2.37. The first-order valence-corrected chi connectivity index (χ1v) is 12.8. The van der Waals surface area contributed by atoms with E-state index in [-0.39, 0.29) is 22.7 Å². The zero-order chi connectivity index (χ0) is 26.5. The number of rotatable bonds is 8. The van der Waals surface area contributed by atoms with Gasteiger partial charge >= 0.3 is 11.9 Å². The highest BCUT2D eigenvalue weighted by atomic mass is 32.1. The lowest BCUT2D eigenvalue weighted by atomic mass is 9.83. The Kier molecular flexibility index (Phi) is 7.88. The molecule has 1 aliphatic rings. The topological polar surface area (TPSA) is 146 Å². The first-order valence-electron chi connectivity index (χ1n) is 11.9. The van der Waals surface area contributed by atoms with Crippen molar-refractivity contribution in [3.63, 3.8) is 0 Å². The zero-order valence-electron chi connectivity index (χ0n) is 20.3. The predicted octanol–water partition coefficient (Wildman–Crippen LogP) is 4.12. The van der Waals surface area contributed by atoms with E-state index in [1.54, 1.807) is 46.7 Å². The molecular formula is C27H28N4O5S. The lowest BCUT2D eigenvalue weighted by Gasteiger charge is -2.29. The fraction of sp³-hybridized carbons (Fsp3) is 0.259. The number of thiophene rings is 1. The van der Waals surface area contributed by atoms with Crippen molar-refractivity contribution in [2.45, 2.75) is 32.7 Å². The van der Waals surface area contributed by atoms with Crippen LogP contribution < -0.4 is 15.8 Å². The van der Waals surface area contributed by atoms with Gasteiger partial charge in [-0.3, -0.25) is 10.2 Å². The van der Waals surface area contributed by atoms with Gasteiger partial charge in [-0.15, -0.1) is 11.3 Å². The number of hydrogen-bond donors (Lipinski definition) is 4. The summed E-state index contributed by atoms with van der Waals surface area (Å²) in [5.74, 6) is -1.28. The summed E-state index contributed by atoms with van der Waals surface area (Å²) in [6.07, 6.45) is 1.99. The number of guanidine groups is 1. The highest BCUT2D eigenvalue weighted by molar-refractivity contribution is 7.12. The van der Waals surface area contributed by atoms with Gasteiger partial charge in [0.15, 0.2) is 5.96 Å². The molecule has 0 bridgehead atoms. The van der Waals surface area contributed by atoms with Gasteiger partial charge in [-0.25, -0.2) is 9.59 Å². The SMILES string of the molecule is CCN(Cc1csc(C(=O)O)c1)C(=O)C1CCc2cc(OC(=O)c3ccc(NC(=N)N)cc3)ccc2C1. The first-order chi connectivity index (χ1) is 17.7. The normalized spacial score (nSPS) is 14.4. The van der Waals surface area contributed by atoms with Gasteiger partial charge in [0, 0.05) is 24.7 Å². The standard InChI is InChI=1S/C27H28N4O5S/c1-2-31(14-16-11-23(25(33)34)37-15-16)24(32)20-4-3-19-13-22(10-7-18(19)12-20)36-26(35)17-5-8-21(9-6-17)30-27(28)29/h5-11,13,15,20H,2-4,12,14H2,1H3,(H,33,34)(H4,28,29,30). The number of hydrogen-bond acceptors (Lipinski definition) is 6. The fourth-order valence-electron chi connectivity index (χ4n) is 4.41. The third-order valence-corrected chi connectivity index (χ3v) is 7.26. The van der Waals surface area contributed by atoms with Crippen molar-refractivity contribution in [2.75, 3.05) is 11.9 Å². The Balaban J connectivity index is 1.37. The van der Waals surface area contributed by atoms with Crippen LogP contribution in [-0.4, -0.2) is 40.4 Å². The number of carbonyl (C=O) groups excluding carboxylic acids is 2. The van der Waals surface area contributed by atoms with Crippen LogP contribution >= 0.6 is 11.3 Å². The Hall–Kier alpha value is -4.18. The van der Waals surface area contributed by atoms with Crippen LogP contribution in [0.1, 0.15) is 50.1 Å². The number of nitrogens with two attached hydrogens (primary N) is 1. The Morgan fingerprint density at radius 1 is 1.16 bits per heavy atom. The molecule has 0 spiro atoms. The number of benzene rings is 2. The van der Waals surface area contributed by atoms with Crippen molar-refractivity contribution in [1.29, 1.82) is 5.41 Å². The molecule has 2 aromatic carbocycles. The molecule has 10 heteroatoms. The number of anilines is 1. The molecule has 0 fully saturated rings. The molecule has 37 heavy (non-hydrogen) atoms. The highest BCUT2D eigenvalue weighted by Crippen LogP contribution is 2.30. The second-order valence-corrected chi connectivity index (χ2v) is 9.76. The van der Waals surface area contributed by atoms with Crippen LogP contribution in [0.4, 0.5) is 5.69 Å². The maximum atomic E-state index is 13.3. The summed E-state index contributed by atoms with van der Waals surface area (Å²) in [5, 5.41) is 20.8. The molecule has 1 aliphatic carbocycles. The Labute approximate surface area is 218 Å². The van der Waals surface area contributed by atoms with E-state index in [1.165, 1.54) is 11.3 Å². The van der Waals surface area contributed by atoms with E-state index in [0.29, 0.717) is 49.4 Å². The van der Waals surface area contributed by atoms with E-state index in [2.05, 4.69) is 5.32 Å². The molecule has 5 N–H and O–H groups in total. The number of carbonyl (C=O) groups is 3. The van der Waals surface area contributed by atoms with Crippen LogP contribution in [0.15, 0.2) is 53.9 Å². The number of carboxylic acid groups (broad SMARTS) is 1. The summed E-state index contributed by atoms with van der Waals surface area (Å²) >= 11 is 1.17. The molecule has 3 aromatic rings. The van der Waals surface area contributed by atoms with Gasteiger partial charge in [-0.05, 0) is 90.7 Å². The number of esters is 1. The van der Waals surface area contributed by atoms with E-state index in [4.69, 9.17) is 21.0 Å². The maximum Gasteiger partial charge on any atom is 0.345 e. The van der Waals surface area contributed by atoms with Crippen LogP contribution in [0.2, 0.25) is 0 Å². The monoisotopic (exact) mass is 520 g/mol. The molecule has 0 radical (unpaired) electrons. The maximum absolute atomic E-state index is 13.3. The van der Waals surface area contributed by atoms with Crippen molar-refractivity contribution >= 4 is 40.8 Å². The van der Waals surface area contributed by atoms with E-state index >= 15 is 0 Å². The lowest BCUT2D eigenvalue weighted by molar-refractivity contribution is -0.136. The summed E-state index contributed by atoms with van der Waals surface area (Å²) < 4.78 is 5.56. The van der Waals surface area contributed by atoms with Gasteiger partial charge in [0.1, 0.15) is 10.6 Å². The number of aryl methyl sites for hydroxylation is 1. The van der Waals surface area contributed by atoms with Crippen molar-refractivity contribution in [3.8, 4) is 5.75 Å². The van der Waals surface area contributed by atoms with Crippen LogP contribution in [0.3, 0.4) is 0 Å². The fourth-order valence-corrected chi connectivity index (χ4v) is 5.15. The minimum absolute atomic E-state index is 0.0643. The van der Waals surface area contributed by atoms with Gasteiger partial charge in [0.25, 0.3) is 0 Å². The van der Waals surface area contributed by atoms with Crippen LogP contribution in [0.25, 0.3) is 0 Å². The molecule has 192 valence electrons. The summed E-state index contributed by atoms with van der Waals surface area (Å²) in [4.78, 5) is 39.0. The summed E-state index contributed by atoms with van der Waals surface area (Å²) in [7, 11) is 0. The number of fused-ring (bicyclic) bond motifs is 1. The molecular weight excluding hydrogens is 492 g/mol. The largest absolute Gasteiger partial charge is 0.477 e. The second-order valence-electron chi connectivity index (χ2n) is 8.85. The number of nitrogens with one attached hydrogen (secondary N) is 2. The third kappa shape index (κ3) is 6.34. The van der Waals surface area contributed by atoms with E-state index in [0.717, 1.165) is 16.7 Å². The second kappa shape index (κ2) is 11.3. The van der Waals surface area contributed by atoms with E-state index < -0.39 is 11.9 Å². The zero-order valence-corrected chi connectivity index (χ0v) is 21.1. The molecule has 1 atom stereocenters. The van der Waals surface area contributed by atoms with Crippen molar-refractivity contribution in [3.05, 3.63) is 81.0 Å². The number of amides is 1. The van der Waals surface area contributed by atoms with E-state index in [1.807, 2.05) is 19.1 Å². The minimum Gasteiger partial charge on any atom is -0.477 e. The van der Waals surface area contributed by atoms with Gasteiger partial charge in [0.05, 0.1) is 5.56 Å². The molecule has 1 heterocycles. The van der Waals surface area contributed by atoms with Gasteiger partial charge in [-0.2, -0.15) is 0 Å². The Morgan fingerprint density at radius 3 is 2.57 bits per heavy atom. The van der Waals surface area contributed by atoms with Crippen molar-refractivity contribution in [2.24, 2.45) is 11.7 Å². The van der Waals surface area contributed by atoms with Crippen molar-refractivity contribution in [1.82, 2.24) is 4.90 Å². The number of nitrogens with zero attached hydrogens (tertiary/aromatic N) is 1. The van der Waals surface area contributed by atoms with Crippen LogP contribution in [0, 0.1) is 11.3 Å². The molecule has 9 nitrogen and oxygen atoms in total. The number of ether oxygens (including phenoxy) is 1. The van der Waals surface area contributed by atoms with Crippen molar-refractivity contribution < 1.29 is 24.2 Å². The quantitative estimate of drug-likeness (QED) is 0.151. The average Bonchev–Trinajstić information content (AvgIpc) is 3.36. The molecule has 1 aromatic heterocycles. The Morgan fingerprint density at radius 2 is 1.92 bits per heavy atom. The van der Waals surface area contributed by atoms with Gasteiger partial charge in [0.2, 0.25) is 5.91 Å². The summed E-state index contributed by atoms with van der Waals surface area (Å²) in [5.41, 5.74) is 9.23. The predicted molar refractivity (Wildman–Crippen MR) is 141 cm³/mol. The van der Waals surface area contributed by atoms with Gasteiger partial charge < -0.3 is 25.8 Å². The average molecular weight is 521 g/mol. The molecule has 0 saturated heterocycles. The molecule has 1 amide bonds. The molecule has 1 unspecified atom stereocenters. The highest BCUT2D eigenvalue weighted by Gasteiger charge is 2.28. The first kappa shape index (κ1) is 25.9. The summed E-state index contributed by atoms with van der Waals surface area (Å²) in [6.45, 7) is 2.86. The summed E-state index contributed by atoms with van der Waals surface area (Å²) in [6, 6.07) is 13.6. The smallest absolute Gasteiger partial charge is 0.345 e. The Bertz CT molecular complexity index is 1330. The number of carboxylic acids is 1. The molecule has 0 saturated carbocycles. The molecule has 0 aliphatic heterocycles. The van der Waals surface area contributed by atoms with Crippen LogP contribution in [0.5, 0.6) is 5.75 Å². The number of aromatic carboxylic acids is 1. The van der Waals surface area contributed by atoms with Gasteiger partial charge in [-0.1, -0.05) is 6.07 Å². The minimum atomic E-state index is -0.959. The third-order valence-electron chi connectivity index (χ3n) is 6.30. The van der Waals surface area contributed by atoms with Crippen LogP contribution in [-0.2, 0) is 24.2 Å². The van der Waals surface area contributed by atoms with E-state index in [9.17, 15) is 14.4 Å².